The van der Waals surface area contributed by atoms with Crippen LogP contribution in [0.3, 0.4) is 0 Å². The molecule has 1 aromatic heterocycles. The van der Waals surface area contributed by atoms with Crippen molar-refractivity contribution in [2.45, 2.75) is 17.9 Å². The van der Waals surface area contributed by atoms with E-state index in [1.165, 1.54) is 18.6 Å². The summed E-state index contributed by atoms with van der Waals surface area (Å²) in [6.45, 7) is 1.81. The Balaban J connectivity index is 2.08. The first kappa shape index (κ1) is 11.5. The first-order chi connectivity index (χ1) is 7.68. The lowest BCUT2D eigenvalue weighted by molar-refractivity contribution is 0.401. The Morgan fingerprint density at radius 1 is 1.31 bits per heavy atom. The van der Waals surface area contributed by atoms with Gasteiger partial charge in [0, 0.05) is 12.4 Å². The monoisotopic (exact) mass is 241 g/mol. The van der Waals surface area contributed by atoms with Crippen molar-refractivity contribution in [2.24, 2.45) is 5.92 Å². The SMILES string of the molecule is O=S(=O)(CC1CCNCC1)c1cnccn1. The molecular formula is C10H15N3O2S. The summed E-state index contributed by atoms with van der Waals surface area (Å²) in [6.07, 6.45) is 6.04. The van der Waals surface area contributed by atoms with Gasteiger partial charge in [0.05, 0.1) is 11.9 Å². The fourth-order valence-corrected chi connectivity index (χ4v) is 3.46. The van der Waals surface area contributed by atoms with Crippen LogP contribution in [0.25, 0.3) is 0 Å². The summed E-state index contributed by atoms with van der Waals surface area (Å²) in [5.74, 6) is 0.432. The first-order valence-electron chi connectivity index (χ1n) is 5.38. The van der Waals surface area contributed by atoms with Crippen LogP contribution in [0.1, 0.15) is 12.8 Å². The van der Waals surface area contributed by atoms with Crippen molar-refractivity contribution in [1.82, 2.24) is 15.3 Å². The van der Waals surface area contributed by atoms with Crippen LogP contribution in [0, 0.1) is 5.92 Å². The topological polar surface area (TPSA) is 72.0 Å². The van der Waals surface area contributed by atoms with E-state index in [4.69, 9.17) is 0 Å². The molecule has 0 unspecified atom stereocenters. The van der Waals surface area contributed by atoms with Gasteiger partial charge in [-0.25, -0.2) is 13.4 Å². The molecule has 0 spiro atoms. The fraction of sp³-hybridized carbons (Fsp3) is 0.600. The molecule has 16 heavy (non-hydrogen) atoms. The van der Waals surface area contributed by atoms with Crippen LogP contribution in [0.2, 0.25) is 0 Å². The molecule has 0 saturated carbocycles. The minimum Gasteiger partial charge on any atom is -0.317 e. The molecule has 0 atom stereocenters. The lowest BCUT2D eigenvalue weighted by Crippen LogP contribution is -2.31. The summed E-state index contributed by atoms with van der Waals surface area (Å²) >= 11 is 0. The zero-order valence-corrected chi connectivity index (χ0v) is 9.78. The average Bonchev–Trinajstić information content (AvgIpc) is 2.31. The molecule has 1 saturated heterocycles. The van der Waals surface area contributed by atoms with Crippen LogP contribution >= 0.6 is 0 Å². The minimum absolute atomic E-state index is 0.0912. The number of piperidine rings is 1. The smallest absolute Gasteiger partial charge is 0.197 e. The maximum Gasteiger partial charge on any atom is 0.197 e. The van der Waals surface area contributed by atoms with E-state index >= 15 is 0 Å². The molecule has 0 amide bonds. The average molecular weight is 241 g/mol. The molecule has 0 radical (unpaired) electrons. The maximum atomic E-state index is 12.0. The molecule has 2 heterocycles. The number of hydrogen-bond acceptors (Lipinski definition) is 5. The van der Waals surface area contributed by atoms with Crippen LogP contribution in [-0.4, -0.2) is 37.2 Å². The highest BCUT2D eigenvalue weighted by Crippen LogP contribution is 2.17. The highest BCUT2D eigenvalue weighted by molar-refractivity contribution is 7.91. The second-order valence-corrected chi connectivity index (χ2v) is 6.00. The number of rotatable bonds is 3. The number of nitrogens with zero attached hydrogens (tertiary/aromatic N) is 2. The van der Waals surface area contributed by atoms with Gasteiger partial charge in [-0.1, -0.05) is 0 Å². The van der Waals surface area contributed by atoms with Crippen molar-refractivity contribution in [3.63, 3.8) is 0 Å². The second kappa shape index (κ2) is 4.88. The molecule has 2 rings (SSSR count). The van der Waals surface area contributed by atoms with Crippen molar-refractivity contribution in [2.75, 3.05) is 18.8 Å². The highest BCUT2D eigenvalue weighted by Gasteiger charge is 2.23. The van der Waals surface area contributed by atoms with Gasteiger partial charge < -0.3 is 5.32 Å². The number of hydrogen-bond donors (Lipinski definition) is 1. The third-order valence-electron chi connectivity index (χ3n) is 2.77. The third kappa shape index (κ3) is 2.76. The summed E-state index contributed by atoms with van der Waals surface area (Å²) in [5, 5.41) is 3.31. The van der Waals surface area contributed by atoms with E-state index in [1.54, 1.807) is 0 Å². The van der Waals surface area contributed by atoms with Crippen LogP contribution in [0.15, 0.2) is 23.6 Å². The Morgan fingerprint density at radius 2 is 2.06 bits per heavy atom. The molecule has 0 bridgehead atoms. The van der Waals surface area contributed by atoms with Gasteiger partial charge in [0.15, 0.2) is 14.9 Å². The van der Waals surface area contributed by atoms with Gasteiger partial charge >= 0.3 is 0 Å². The van der Waals surface area contributed by atoms with Gasteiger partial charge in [0.25, 0.3) is 0 Å². The number of nitrogens with one attached hydrogen (secondary N) is 1. The van der Waals surface area contributed by atoms with E-state index in [1.807, 2.05) is 0 Å². The van der Waals surface area contributed by atoms with Crippen molar-refractivity contribution in [3.05, 3.63) is 18.6 Å². The van der Waals surface area contributed by atoms with Gasteiger partial charge in [-0.05, 0) is 31.8 Å². The first-order valence-corrected chi connectivity index (χ1v) is 7.03. The lowest BCUT2D eigenvalue weighted by Gasteiger charge is -2.21. The Hall–Kier alpha value is -1.01. The highest BCUT2D eigenvalue weighted by atomic mass is 32.2. The molecule has 1 aliphatic rings. The van der Waals surface area contributed by atoms with Crippen LogP contribution in [0.4, 0.5) is 0 Å². The number of sulfone groups is 1. The quantitative estimate of drug-likeness (QED) is 0.821. The van der Waals surface area contributed by atoms with Gasteiger partial charge in [-0.2, -0.15) is 0 Å². The summed E-state index contributed by atoms with van der Waals surface area (Å²) in [6, 6.07) is 0. The molecule has 1 aromatic rings. The third-order valence-corrected chi connectivity index (χ3v) is 4.53. The number of aromatic nitrogens is 2. The summed E-state index contributed by atoms with van der Waals surface area (Å²) in [5.41, 5.74) is 0. The van der Waals surface area contributed by atoms with E-state index in [0.29, 0.717) is 0 Å². The van der Waals surface area contributed by atoms with E-state index in [9.17, 15) is 8.42 Å². The lowest BCUT2D eigenvalue weighted by atomic mass is 10.0. The molecule has 88 valence electrons. The van der Waals surface area contributed by atoms with Crippen molar-refractivity contribution >= 4 is 9.84 Å². The maximum absolute atomic E-state index is 12.0. The van der Waals surface area contributed by atoms with Crippen LogP contribution in [-0.2, 0) is 9.84 Å². The molecule has 1 fully saturated rings. The summed E-state index contributed by atoms with van der Waals surface area (Å²) < 4.78 is 24.0. The van der Waals surface area contributed by atoms with Gasteiger partial charge in [0.2, 0.25) is 0 Å². The normalized spacial score (nSPS) is 18.5. The zero-order chi connectivity index (χ0) is 11.4. The van der Waals surface area contributed by atoms with Gasteiger partial charge in [-0.3, -0.25) is 4.98 Å². The molecule has 0 aromatic carbocycles. The van der Waals surface area contributed by atoms with Gasteiger partial charge in [0.1, 0.15) is 0 Å². The van der Waals surface area contributed by atoms with Crippen LogP contribution < -0.4 is 5.32 Å². The van der Waals surface area contributed by atoms with E-state index in [0.717, 1.165) is 25.9 Å². The predicted molar refractivity (Wildman–Crippen MR) is 59.7 cm³/mol. The van der Waals surface area contributed by atoms with E-state index in [2.05, 4.69) is 15.3 Å². The minimum atomic E-state index is -3.26. The zero-order valence-electron chi connectivity index (χ0n) is 8.96. The van der Waals surface area contributed by atoms with Crippen molar-refractivity contribution < 1.29 is 8.42 Å². The van der Waals surface area contributed by atoms with E-state index < -0.39 is 9.84 Å². The Kier molecular flexibility index (Phi) is 3.50. The molecule has 6 heteroatoms. The largest absolute Gasteiger partial charge is 0.317 e. The predicted octanol–water partition coefficient (Wildman–Crippen LogP) is 0.250. The van der Waals surface area contributed by atoms with Crippen molar-refractivity contribution in [1.29, 1.82) is 0 Å². The summed E-state index contributed by atoms with van der Waals surface area (Å²) in [4.78, 5) is 7.64. The van der Waals surface area contributed by atoms with Crippen molar-refractivity contribution in [3.8, 4) is 0 Å². The Morgan fingerprint density at radius 3 is 2.69 bits per heavy atom. The standard InChI is InChI=1S/C10H15N3O2S/c14-16(15,10-7-12-5-6-13-10)8-9-1-3-11-4-2-9/h5-7,9,11H,1-4,8H2. The molecule has 5 nitrogen and oxygen atoms in total. The Labute approximate surface area is 95.2 Å². The molecule has 0 aliphatic carbocycles. The second-order valence-electron chi connectivity index (χ2n) is 4.02. The Bertz CT molecular complexity index is 427. The molecule has 1 N–H and O–H groups in total. The van der Waals surface area contributed by atoms with E-state index in [-0.39, 0.29) is 16.7 Å². The molecular weight excluding hydrogens is 226 g/mol. The van der Waals surface area contributed by atoms with Gasteiger partial charge in [-0.15, -0.1) is 0 Å². The summed E-state index contributed by atoms with van der Waals surface area (Å²) in [7, 11) is -3.26. The fourth-order valence-electron chi connectivity index (χ4n) is 1.89. The molecule has 1 aliphatic heterocycles. The van der Waals surface area contributed by atoms with Crippen LogP contribution in [0.5, 0.6) is 0 Å².